The smallest absolute Gasteiger partial charge is 0.272 e. The first-order chi connectivity index (χ1) is 15.7. The lowest BCUT2D eigenvalue weighted by molar-refractivity contribution is 0.0685. The van der Waals surface area contributed by atoms with Crippen molar-refractivity contribution in [3.63, 3.8) is 0 Å². The lowest BCUT2D eigenvalue weighted by atomic mass is 10.2. The van der Waals surface area contributed by atoms with Gasteiger partial charge in [0.1, 0.15) is 22.4 Å². The normalized spacial score (nSPS) is 16.2. The van der Waals surface area contributed by atoms with Gasteiger partial charge in [0.2, 0.25) is 0 Å². The largest absolute Gasteiger partial charge is 0.349 e. The number of fused-ring (bicyclic) bond motifs is 2. The Morgan fingerprint density at radius 2 is 1.53 bits per heavy atom. The first-order valence-corrected chi connectivity index (χ1v) is 11.2. The highest BCUT2D eigenvalue weighted by atomic mass is 32.2. The summed E-state index contributed by atoms with van der Waals surface area (Å²) in [6.45, 7) is 0.888. The third-order valence-corrected chi connectivity index (χ3v) is 6.19. The highest BCUT2D eigenvalue weighted by molar-refractivity contribution is 7.99. The summed E-state index contributed by atoms with van der Waals surface area (Å²) in [7, 11) is 0. The van der Waals surface area contributed by atoms with Crippen LogP contribution < -0.4 is 5.32 Å². The maximum absolute atomic E-state index is 13.2. The SMILES string of the molecule is O=C(NCC1CSCCN1C(=O)c1ccc2nccnc2n1)c1ccc2nccnc2n1. The van der Waals surface area contributed by atoms with Crippen LogP contribution in [-0.4, -0.2) is 77.3 Å². The van der Waals surface area contributed by atoms with E-state index < -0.39 is 0 Å². The fourth-order valence-electron chi connectivity index (χ4n) is 3.49. The molecule has 1 saturated heterocycles. The van der Waals surface area contributed by atoms with Crippen LogP contribution in [0.5, 0.6) is 0 Å². The number of nitrogens with zero attached hydrogens (tertiary/aromatic N) is 7. The van der Waals surface area contributed by atoms with Gasteiger partial charge < -0.3 is 10.2 Å². The topological polar surface area (TPSA) is 127 Å². The molecule has 160 valence electrons. The van der Waals surface area contributed by atoms with Crippen LogP contribution in [0, 0.1) is 0 Å². The molecule has 0 radical (unpaired) electrons. The second-order valence-electron chi connectivity index (χ2n) is 7.13. The molecule has 10 nitrogen and oxygen atoms in total. The molecule has 0 bridgehead atoms. The predicted molar refractivity (Wildman–Crippen MR) is 119 cm³/mol. The van der Waals surface area contributed by atoms with E-state index in [0.29, 0.717) is 41.1 Å². The summed E-state index contributed by atoms with van der Waals surface area (Å²) >= 11 is 1.75. The van der Waals surface area contributed by atoms with Gasteiger partial charge in [0.25, 0.3) is 11.8 Å². The Hall–Kier alpha value is -3.73. The predicted octanol–water partition coefficient (Wildman–Crippen LogP) is 1.35. The molecule has 1 N–H and O–H groups in total. The molecule has 0 spiro atoms. The van der Waals surface area contributed by atoms with Crippen molar-refractivity contribution in [1.82, 2.24) is 40.1 Å². The average Bonchev–Trinajstić information content (AvgIpc) is 2.86. The number of carbonyl (C=O) groups excluding carboxylic acids is 2. The van der Waals surface area contributed by atoms with E-state index in [0.717, 1.165) is 11.5 Å². The van der Waals surface area contributed by atoms with Gasteiger partial charge in [-0.1, -0.05) is 0 Å². The van der Waals surface area contributed by atoms with Crippen molar-refractivity contribution in [1.29, 1.82) is 0 Å². The minimum absolute atomic E-state index is 0.162. The van der Waals surface area contributed by atoms with Gasteiger partial charge >= 0.3 is 0 Å². The van der Waals surface area contributed by atoms with Gasteiger partial charge in [-0.15, -0.1) is 0 Å². The number of aromatic nitrogens is 6. The van der Waals surface area contributed by atoms with Gasteiger partial charge in [0, 0.05) is 49.4 Å². The minimum Gasteiger partial charge on any atom is -0.349 e. The molecule has 11 heteroatoms. The van der Waals surface area contributed by atoms with E-state index in [1.54, 1.807) is 59.5 Å². The van der Waals surface area contributed by atoms with Gasteiger partial charge in [-0.25, -0.2) is 19.9 Å². The van der Waals surface area contributed by atoms with Crippen LogP contribution in [0.15, 0.2) is 49.1 Å². The Morgan fingerprint density at radius 3 is 2.25 bits per heavy atom. The molecule has 1 atom stereocenters. The van der Waals surface area contributed by atoms with Crippen molar-refractivity contribution in [2.24, 2.45) is 0 Å². The van der Waals surface area contributed by atoms with Crippen LogP contribution >= 0.6 is 11.8 Å². The Balaban J connectivity index is 1.30. The van der Waals surface area contributed by atoms with E-state index in [1.165, 1.54) is 6.20 Å². The number of hydrogen-bond acceptors (Lipinski definition) is 9. The average molecular weight is 446 g/mol. The van der Waals surface area contributed by atoms with Crippen LogP contribution in [-0.2, 0) is 0 Å². The van der Waals surface area contributed by atoms with E-state index >= 15 is 0 Å². The molecule has 0 saturated carbocycles. The van der Waals surface area contributed by atoms with Crippen LogP contribution in [0.4, 0.5) is 0 Å². The van der Waals surface area contributed by atoms with Crippen molar-refractivity contribution in [3.05, 3.63) is 60.4 Å². The highest BCUT2D eigenvalue weighted by Crippen LogP contribution is 2.19. The summed E-state index contributed by atoms with van der Waals surface area (Å²) in [4.78, 5) is 52.9. The molecule has 2 amide bonds. The van der Waals surface area contributed by atoms with Crippen LogP contribution in [0.25, 0.3) is 22.3 Å². The van der Waals surface area contributed by atoms with E-state index in [4.69, 9.17) is 0 Å². The van der Waals surface area contributed by atoms with Crippen molar-refractivity contribution < 1.29 is 9.59 Å². The molecular weight excluding hydrogens is 428 g/mol. The van der Waals surface area contributed by atoms with E-state index in [1.807, 2.05) is 0 Å². The monoisotopic (exact) mass is 446 g/mol. The molecule has 1 fully saturated rings. The van der Waals surface area contributed by atoms with Crippen molar-refractivity contribution in [2.45, 2.75) is 6.04 Å². The molecule has 4 aromatic heterocycles. The number of rotatable bonds is 4. The fraction of sp³-hybridized carbons (Fsp3) is 0.238. The van der Waals surface area contributed by atoms with Gasteiger partial charge in [-0.3, -0.25) is 19.6 Å². The van der Waals surface area contributed by atoms with Crippen LogP contribution in [0.2, 0.25) is 0 Å². The summed E-state index contributed by atoms with van der Waals surface area (Å²) in [5, 5.41) is 2.90. The summed E-state index contributed by atoms with van der Waals surface area (Å²) in [6, 6.07) is 6.57. The summed E-state index contributed by atoms with van der Waals surface area (Å²) < 4.78 is 0. The molecule has 5 rings (SSSR count). The Labute approximate surface area is 186 Å². The molecule has 32 heavy (non-hydrogen) atoms. The Kier molecular flexibility index (Phi) is 5.55. The summed E-state index contributed by atoms with van der Waals surface area (Å²) in [5.41, 5.74) is 2.67. The number of pyridine rings is 2. The third-order valence-electron chi connectivity index (χ3n) is 5.10. The second-order valence-corrected chi connectivity index (χ2v) is 8.28. The summed E-state index contributed by atoms with van der Waals surface area (Å²) in [5.74, 6) is 1.04. The zero-order valence-corrected chi connectivity index (χ0v) is 17.7. The van der Waals surface area contributed by atoms with E-state index in [-0.39, 0.29) is 23.6 Å². The molecular formula is C21H18N8O2S. The molecule has 1 aliphatic rings. The zero-order valence-electron chi connectivity index (χ0n) is 16.9. The third kappa shape index (κ3) is 4.06. The van der Waals surface area contributed by atoms with Crippen molar-refractivity contribution in [3.8, 4) is 0 Å². The second kappa shape index (κ2) is 8.79. The molecule has 1 unspecified atom stereocenters. The van der Waals surface area contributed by atoms with Gasteiger partial charge in [0.05, 0.1) is 6.04 Å². The molecule has 1 aliphatic heterocycles. The van der Waals surface area contributed by atoms with E-state index in [2.05, 4.69) is 35.2 Å². The lowest BCUT2D eigenvalue weighted by Gasteiger charge is -2.35. The van der Waals surface area contributed by atoms with E-state index in [9.17, 15) is 9.59 Å². The quantitative estimate of drug-likeness (QED) is 0.494. The zero-order chi connectivity index (χ0) is 21.9. The first kappa shape index (κ1) is 20.2. The van der Waals surface area contributed by atoms with Crippen LogP contribution in [0.3, 0.4) is 0 Å². The van der Waals surface area contributed by atoms with Gasteiger partial charge in [0.15, 0.2) is 11.3 Å². The minimum atomic E-state index is -0.320. The number of thioether (sulfide) groups is 1. The highest BCUT2D eigenvalue weighted by Gasteiger charge is 2.29. The van der Waals surface area contributed by atoms with Gasteiger partial charge in [-0.2, -0.15) is 11.8 Å². The molecule has 5 heterocycles. The maximum atomic E-state index is 13.2. The fourth-order valence-corrected chi connectivity index (χ4v) is 4.56. The maximum Gasteiger partial charge on any atom is 0.272 e. The number of carbonyl (C=O) groups is 2. The first-order valence-electron chi connectivity index (χ1n) is 10.0. The van der Waals surface area contributed by atoms with Crippen molar-refractivity contribution >= 4 is 45.9 Å². The lowest BCUT2D eigenvalue weighted by Crippen LogP contribution is -2.51. The standard InChI is InChI=1S/C21H18N8O2S/c30-20(16-3-1-14-18(27-16)24-7-5-22-14)26-11-13-12-32-10-9-29(13)21(31)17-4-2-15-19(28-17)25-8-6-23-15/h1-8,13H,9-12H2,(H,26,30). The number of amides is 2. The number of nitrogens with one attached hydrogen (secondary N) is 1. The number of hydrogen-bond donors (Lipinski definition) is 1. The molecule has 0 aromatic carbocycles. The van der Waals surface area contributed by atoms with Gasteiger partial charge in [-0.05, 0) is 24.3 Å². The molecule has 0 aliphatic carbocycles. The van der Waals surface area contributed by atoms with Crippen molar-refractivity contribution in [2.75, 3.05) is 24.6 Å². The molecule has 4 aromatic rings. The summed E-state index contributed by atoms with van der Waals surface area (Å²) in [6.07, 6.45) is 6.24. The van der Waals surface area contributed by atoms with Crippen LogP contribution in [0.1, 0.15) is 21.0 Å². The Morgan fingerprint density at radius 1 is 0.906 bits per heavy atom. The Bertz CT molecular complexity index is 1320.